The van der Waals surface area contributed by atoms with E-state index in [1.54, 1.807) is 12.1 Å². The zero-order valence-electron chi connectivity index (χ0n) is 13.1. The third-order valence-electron chi connectivity index (χ3n) is 4.62. The number of nitrogens with one attached hydrogen (secondary N) is 2. The minimum absolute atomic E-state index is 0.0630. The van der Waals surface area contributed by atoms with Crippen LogP contribution in [0.25, 0.3) is 0 Å². The smallest absolute Gasteiger partial charge is 0.226 e. The molecule has 1 aliphatic heterocycles. The Morgan fingerprint density at radius 2 is 2.05 bits per heavy atom. The lowest BCUT2D eigenvalue weighted by molar-refractivity contribution is -0.133. The average Bonchev–Trinajstić information content (AvgIpc) is 2.48. The molecule has 0 spiro atoms. The molecule has 0 aromatic heterocycles. The van der Waals surface area contributed by atoms with Crippen LogP contribution in [-0.4, -0.2) is 19.0 Å². The maximum absolute atomic E-state index is 13.0. The summed E-state index contributed by atoms with van der Waals surface area (Å²) in [6.45, 7) is 7.89. The van der Waals surface area contributed by atoms with Gasteiger partial charge in [-0.25, -0.2) is 4.39 Å². The first-order valence-electron chi connectivity index (χ1n) is 7.68. The van der Waals surface area contributed by atoms with E-state index in [-0.39, 0.29) is 17.8 Å². The molecule has 1 aliphatic rings. The quantitative estimate of drug-likeness (QED) is 0.895. The van der Waals surface area contributed by atoms with Gasteiger partial charge in [-0.05, 0) is 56.5 Å². The number of hydrogen-bond donors (Lipinski definition) is 2. The fraction of sp³-hybridized carbons (Fsp3) is 0.588. The highest BCUT2D eigenvalue weighted by Gasteiger charge is 2.37. The van der Waals surface area contributed by atoms with E-state index in [9.17, 15) is 9.18 Å². The third kappa shape index (κ3) is 3.82. The molecule has 1 fully saturated rings. The average molecular weight is 292 g/mol. The number of carbonyl (C=O) groups is 1. The second-order valence-electron chi connectivity index (χ2n) is 6.51. The summed E-state index contributed by atoms with van der Waals surface area (Å²) in [5.74, 6) is 0.158. The molecule has 21 heavy (non-hydrogen) atoms. The number of benzene rings is 1. The van der Waals surface area contributed by atoms with Crippen molar-refractivity contribution in [3.8, 4) is 0 Å². The zero-order valence-corrected chi connectivity index (χ0v) is 13.1. The van der Waals surface area contributed by atoms with Gasteiger partial charge in [0.15, 0.2) is 0 Å². The molecule has 0 radical (unpaired) electrons. The lowest BCUT2D eigenvalue weighted by Crippen LogP contribution is -2.47. The second-order valence-corrected chi connectivity index (χ2v) is 6.51. The number of halogens is 1. The Morgan fingerprint density at radius 1 is 1.38 bits per heavy atom. The Labute approximate surface area is 126 Å². The second kappa shape index (κ2) is 6.56. The van der Waals surface area contributed by atoms with Crippen LogP contribution in [0, 0.1) is 17.2 Å². The highest BCUT2D eigenvalue weighted by Crippen LogP contribution is 2.32. The van der Waals surface area contributed by atoms with Crippen LogP contribution in [0.5, 0.6) is 0 Å². The fourth-order valence-electron chi connectivity index (χ4n) is 2.87. The SMILES string of the molecule is C[C@@H](NC(=O)C(C)(C)C1CCCNC1)c1ccc(F)cc1. The van der Waals surface area contributed by atoms with Crippen molar-refractivity contribution in [2.24, 2.45) is 11.3 Å². The van der Waals surface area contributed by atoms with Gasteiger partial charge in [-0.3, -0.25) is 4.79 Å². The van der Waals surface area contributed by atoms with Crippen molar-refractivity contribution in [3.63, 3.8) is 0 Å². The van der Waals surface area contributed by atoms with Crippen LogP contribution in [0.3, 0.4) is 0 Å². The van der Waals surface area contributed by atoms with Crippen LogP contribution in [0.1, 0.15) is 45.2 Å². The van der Waals surface area contributed by atoms with Gasteiger partial charge >= 0.3 is 0 Å². The van der Waals surface area contributed by atoms with E-state index in [2.05, 4.69) is 10.6 Å². The molecular weight excluding hydrogens is 267 g/mol. The number of rotatable bonds is 4. The Hall–Kier alpha value is -1.42. The number of piperidine rings is 1. The molecular formula is C17H25FN2O. The molecule has 4 heteroatoms. The molecule has 116 valence electrons. The van der Waals surface area contributed by atoms with Gasteiger partial charge in [0.1, 0.15) is 5.82 Å². The monoisotopic (exact) mass is 292 g/mol. The fourth-order valence-corrected chi connectivity index (χ4v) is 2.87. The molecule has 0 aliphatic carbocycles. The molecule has 2 atom stereocenters. The molecule has 3 nitrogen and oxygen atoms in total. The van der Waals surface area contributed by atoms with Crippen LogP contribution in [0.2, 0.25) is 0 Å². The van der Waals surface area contributed by atoms with E-state index in [1.165, 1.54) is 12.1 Å². The zero-order chi connectivity index (χ0) is 15.5. The molecule has 1 aromatic carbocycles. The largest absolute Gasteiger partial charge is 0.349 e. The molecule has 2 N–H and O–H groups in total. The summed E-state index contributed by atoms with van der Waals surface area (Å²) in [6, 6.07) is 6.17. The lowest BCUT2D eigenvalue weighted by atomic mass is 9.74. The van der Waals surface area contributed by atoms with E-state index in [4.69, 9.17) is 0 Å². The summed E-state index contributed by atoms with van der Waals surface area (Å²) in [4.78, 5) is 12.6. The van der Waals surface area contributed by atoms with E-state index in [1.807, 2.05) is 20.8 Å². The summed E-state index contributed by atoms with van der Waals surface area (Å²) in [6.07, 6.45) is 2.20. The lowest BCUT2D eigenvalue weighted by Gasteiger charge is -2.36. The van der Waals surface area contributed by atoms with Crippen molar-refractivity contribution < 1.29 is 9.18 Å². The maximum Gasteiger partial charge on any atom is 0.226 e. The van der Waals surface area contributed by atoms with Crippen LogP contribution >= 0.6 is 0 Å². The molecule has 1 unspecified atom stereocenters. The minimum atomic E-state index is -0.401. The molecule has 1 heterocycles. The molecule has 0 bridgehead atoms. The summed E-state index contributed by atoms with van der Waals surface area (Å²) < 4.78 is 13.0. The van der Waals surface area contributed by atoms with E-state index in [0.717, 1.165) is 31.5 Å². The predicted octanol–water partition coefficient (Wildman–Crippen LogP) is 3.03. The van der Waals surface area contributed by atoms with Crippen molar-refractivity contribution in [2.75, 3.05) is 13.1 Å². The van der Waals surface area contributed by atoms with Gasteiger partial charge in [-0.15, -0.1) is 0 Å². The van der Waals surface area contributed by atoms with E-state index >= 15 is 0 Å². The first-order valence-corrected chi connectivity index (χ1v) is 7.68. The van der Waals surface area contributed by atoms with Gasteiger partial charge in [0.05, 0.1) is 6.04 Å². The van der Waals surface area contributed by atoms with Crippen molar-refractivity contribution in [2.45, 2.75) is 39.7 Å². The Bertz CT molecular complexity index is 478. The maximum atomic E-state index is 13.0. The molecule has 1 aromatic rings. The van der Waals surface area contributed by atoms with Gasteiger partial charge in [0, 0.05) is 5.41 Å². The van der Waals surface area contributed by atoms with Gasteiger partial charge in [-0.1, -0.05) is 26.0 Å². The van der Waals surface area contributed by atoms with E-state index in [0.29, 0.717) is 5.92 Å². The summed E-state index contributed by atoms with van der Waals surface area (Å²) in [5, 5.41) is 6.43. The van der Waals surface area contributed by atoms with Gasteiger partial charge in [0.2, 0.25) is 5.91 Å². The topological polar surface area (TPSA) is 41.1 Å². The standard InChI is InChI=1S/C17H25FN2O/c1-12(13-6-8-15(18)9-7-13)20-16(21)17(2,3)14-5-4-10-19-11-14/h6-9,12,14,19H,4-5,10-11H2,1-3H3,(H,20,21)/t12-,14?/m1/s1. The Morgan fingerprint density at radius 3 is 2.62 bits per heavy atom. The van der Waals surface area contributed by atoms with Crippen molar-refractivity contribution in [1.29, 1.82) is 0 Å². The van der Waals surface area contributed by atoms with Crippen molar-refractivity contribution in [3.05, 3.63) is 35.6 Å². The summed E-state index contributed by atoms with van der Waals surface area (Å²) in [5.41, 5.74) is 0.518. The highest BCUT2D eigenvalue weighted by atomic mass is 19.1. The molecule has 0 saturated carbocycles. The summed E-state index contributed by atoms with van der Waals surface area (Å²) >= 11 is 0. The number of amides is 1. The number of hydrogen-bond acceptors (Lipinski definition) is 2. The predicted molar refractivity (Wildman–Crippen MR) is 82.3 cm³/mol. The summed E-state index contributed by atoms with van der Waals surface area (Å²) in [7, 11) is 0. The van der Waals surface area contributed by atoms with Gasteiger partial charge in [0.25, 0.3) is 0 Å². The van der Waals surface area contributed by atoms with Crippen LogP contribution < -0.4 is 10.6 Å². The minimum Gasteiger partial charge on any atom is -0.349 e. The molecule has 1 amide bonds. The first kappa shape index (κ1) is 16.0. The van der Waals surface area contributed by atoms with Crippen molar-refractivity contribution in [1.82, 2.24) is 10.6 Å². The molecule has 2 rings (SSSR count). The van der Waals surface area contributed by atoms with Crippen LogP contribution in [0.4, 0.5) is 4.39 Å². The Kier molecular flexibility index (Phi) is 4.99. The third-order valence-corrected chi connectivity index (χ3v) is 4.62. The van der Waals surface area contributed by atoms with Gasteiger partial charge in [-0.2, -0.15) is 0 Å². The van der Waals surface area contributed by atoms with Crippen molar-refractivity contribution >= 4 is 5.91 Å². The van der Waals surface area contributed by atoms with E-state index < -0.39 is 5.41 Å². The first-order chi connectivity index (χ1) is 9.91. The molecule has 1 saturated heterocycles. The Balaban J connectivity index is 2.00. The van der Waals surface area contributed by atoms with Crippen LogP contribution in [-0.2, 0) is 4.79 Å². The van der Waals surface area contributed by atoms with Gasteiger partial charge < -0.3 is 10.6 Å². The normalized spacial score (nSPS) is 20.9. The van der Waals surface area contributed by atoms with Crippen LogP contribution in [0.15, 0.2) is 24.3 Å². The number of carbonyl (C=O) groups excluding carboxylic acids is 1. The highest BCUT2D eigenvalue weighted by molar-refractivity contribution is 5.82.